The summed E-state index contributed by atoms with van der Waals surface area (Å²) in [7, 11) is 0. The Balaban J connectivity index is 2.20. The molecule has 3 nitrogen and oxygen atoms in total. The van der Waals surface area contributed by atoms with Crippen LogP contribution in [0.1, 0.15) is 26.3 Å². The normalized spacial score (nSPS) is 11.2. The van der Waals surface area contributed by atoms with E-state index in [1.165, 1.54) is 11.3 Å². The molecule has 0 saturated heterocycles. The van der Waals surface area contributed by atoms with E-state index in [0.717, 1.165) is 10.6 Å². The molecule has 2 rings (SSSR count). The van der Waals surface area contributed by atoms with Crippen LogP contribution >= 0.6 is 11.3 Å². The van der Waals surface area contributed by atoms with Crippen LogP contribution in [0.2, 0.25) is 0 Å². The Hall–Kier alpha value is -1.81. The number of hydrogen-bond acceptors (Lipinski definition) is 3. The summed E-state index contributed by atoms with van der Waals surface area (Å²) in [6.45, 7) is 6.14. The van der Waals surface area contributed by atoms with Crippen LogP contribution in [0.3, 0.4) is 0 Å². The summed E-state index contributed by atoms with van der Waals surface area (Å²) in [5.41, 5.74) is 0.579. The minimum Gasteiger partial charge on any atom is -0.443 e. The predicted molar refractivity (Wildman–Crippen MR) is 83.2 cm³/mol. The van der Waals surface area contributed by atoms with Gasteiger partial charge in [-0.3, -0.25) is 4.90 Å². The molecule has 0 aliphatic rings. The third-order valence-electron chi connectivity index (χ3n) is 2.57. The van der Waals surface area contributed by atoms with E-state index >= 15 is 0 Å². The first-order chi connectivity index (χ1) is 9.46. The van der Waals surface area contributed by atoms with E-state index in [1.54, 1.807) is 4.90 Å². The van der Waals surface area contributed by atoms with Crippen LogP contribution in [0.5, 0.6) is 0 Å². The molecule has 0 spiro atoms. The molecule has 0 aliphatic heterocycles. The molecular weight excluding hydrogens is 270 g/mol. The summed E-state index contributed by atoms with van der Waals surface area (Å²) in [6.07, 6.45) is -0.316. The molecule has 0 atom stereocenters. The lowest BCUT2D eigenvalue weighted by Crippen LogP contribution is -2.36. The maximum atomic E-state index is 12.4. The molecule has 0 aliphatic carbocycles. The molecular formula is C16H19NO2S. The molecule has 0 saturated carbocycles. The highest BCUT2D eigenvalue weighted by Crippen LogP contribution is 2.25. The maximum Gasteiger partial charge on any atom is 0.415 e. The zero-order valence-electron chi connectivity index (χ0n) is 12.0. The van der Waals surface area contributed by atoms with Crippen LogP contribution < -0.4 is 4.90 Å². The Morgan fingerprint density at radius 2 is 1.85 bits per heavy atom. The summed E-state index contributed by atoms with van der Waals surface area (Å²) in [5, 5.41) is 2.85. The van der Waals surface area contributed by atoms with Crippen LogP contribution in [-0.4, -0.2) is 11.7 Å². The number of hydrogen-bond donors (Lipinski definition) is 0. The fraction of sp³-hybridized carbons (Fsp3) is 0.312. The van der Waals surface area contributed by atoms with Crippen molar-refractivity contribution in [3.05, 3.63) is 53.4 Å². The van der Waals surface area contributed by atoms with Crippen molar-refractivity contribution in [2.75, 3.05) is 4.90 Å². The van der Waals surface area contributed by atoms with Crippen molar-refractivity contribution in [1.29, 1.82) is 0 Å². The maximum absolute atomic E-state index is 12.4. The van der Waals surface area contributed by atoms with Crippen molar-refractivity contribution < 1.29 is 9.53 Å². The Kier molecular flexibility index (Phi) is 4.45. The van der Waals surface area contributed by atoms with Gasteiger partial charge < -0.3 is 4.74 Å². The number of benzene rings is 1. The van der Waals surface area contributed by atoms with Gasteiger partial charge in [0, 0.05) is 0 Å². The largest absolute Gasteiger partial charge is 0.443 e. The van der Waals surface area contributed by atoms with Crippen molar-refractivity contribution in [2.45, 2.75) is 32.9 Å². The Bertz CT molecular complexity index is 544. The van der Waals surface area contributed by atoms with E-state index in [1.807, 2.05) is 68.6 Å². The lowest BCUT2D eigenvalue weighted by molar-refractivity contribution is 0.0578. The van der Waals surface area contributed by atoms with Gasteiger partial charge in [0.1, 0.15) is 10.6 Å². The number of carbonyl (C=O) groups excluding carboxylic acids is 1. The van der Waals surface area contributed by atoms with Gasteiger partial charge in [-0.2, -0.15) is 0 Å². The van der Waals surface area contributed by atoms with E-state index < -0.39 is 5.60 Å². The van der Waals surface area contributed by atoms with Gasteiger partial charge in [0.2, 0.25) is 0 Å². The van der Waals surface area contributed by atoms with Gasteiger partial charge in [0.15, 0.2) is 0 Å². The monoisotopic (exact) mass is 289 g/mol. The summed E-state index contributed by atoms with van der Waals surface area (Å²) in [5.74, 6) is 0. The number of carbonyl (C=O) groups is 1. The first-order valence-electron chi connectivity index (χ1n) is 6.54. The summed E-state index contributed by atoms with van der Waals surface area (Å²) in [6, 6.07) is 13.8. The zero-order valence-corrected chi connectivity index (χ0v) is 12.8. The lowest BCUT2D eigenvalue weighted by atomic mass is 10.2. The fourth-order valence-electron chi connectivity index (χ4n) is 1.74. The van der Waals surface area contributed by atoms with Gasteiger partial charge in [-0.25, -0.2) is 4.79 Å². The zero-order chi connectivity index (χ0) is 14.6. The standard InChI is InChI=1S/C16H19NO2S/c1-16(2,3)19-15(18)17(14-10-7-11-20-14)12-13-8-5-4-6-9-13/h4-11H,12H2,1-3H3. The van der Waals surface area contributed by atoms with Crippen molar-refractivity contribution in [2.24, 2.45) is 0 Å². The van der Waals surface area contributed by atoms with Gasteiger partial charge in [-0.15, -0.1) is 11.3 Å². The quantitative estimate of drug-likeness (QED) is 0.820. The number of anilines is 1. The molecule has 4 heteroatoms. The highest BCUT2D eigenvalue weighted by Gasteiger charge is 2.24. The molecule has 1 aromatic carbocycles. The van der Waals surface area contributed by atoms with Gasteiger partial charge in [-0.05, 0) is 43.8 Å². The van der Waals surface area contributed by atoms with E-state index in [0.29, 0.717) is 6.54 Å². The third kappa shape index (κ3) is 4.10. The lowest BCUT2D eigenvalue weighted by Gasteiger charge is -2.26. The minimum absolute atomic E-state index is 0.316. The second-order valence-electron chi connectivity index (χ2n) is 5.50. The molecule has 0 N–H and O–H groups in total. The Morgan fingerprint density at radius 3 is 2.40 bits per heavy atom. The topological polar surface area (TPSA) is 29.5 Å². The van der Waals surface area contributed by atoms with Crippen LogP contribution in [0, 0.1) is 0 Å². The molecule has 0 radical (unpaired) electrons. The van der Waals surface area contributed by atoms with E-state index in [4.69, 9.17) is 4.74 Å². The molecule has 20 heavy (non-hydrogen) atoms. The number of nitrogens with zero attached hydrogens (tertiary/aromatic N) is 1. The molecule has 1 aromatic heterocycles. The Labute approximate surface area is 123 Å². The third-order valence-corrected chi connectivity index (χ3v) is 3.46. The summed E-state index contributed by atoms with van der Waals surface area (Å²) < 4.78 is 5.49. The number of thiophene rings is 1. The van der Waals surface area contributed by atoms with Crippen LogP contribution in [0.25, 0.3) is 0 Å². The first-order valence-corrected chi connectivity index (χ1v) is 7.41. The highest BCUT2D eigenvalue weighted by atomic mass is 32.1. The van der Waals surface area contributed by atoms with E-state index in [9.17, 15) is 4.79 Å². The fourth-order valence-corrected chi connectivity index (χ4v) is 2.46. The molecule has 0 fully saturated rings. The molecule has 2 aromatic rings. The second-order valence-corrected chi connectivity index (χ2v) is 6.43. The van der Waals surface area contributed by atoms with Gasteiger partial charge >= 0.3 is 6.09 Å². The summed E-state index contributed by atoms with van der Waals surface area (Å²) >= 11 is 1.53. The average molecular weight is 289 g/mol. The first kappa shape index (κ1) is 14.6. The molecule has 0 bridgehead atoms. The van der Waals surface area contributed by atoms with Gasteiger partial charge in [0.25, 0.3) is 0 Å². The van der Waals surface area contributed by atoms with Crippen molar-refractivity contribution >= 4 is 22.4 Å². The molecule has 106 valence electrons. The molecule has 0 unspecified atom stereocenters. The van der Waals surface area contributed by atoms with Crippen molar-refractivity contribution in [1.82, 2.24) is 0 Å². The van der Waals surface area contributed by atoms with Crippen LogP contribution in [0.15, 0.2) is 47.8 Å². The van der Waals surface area contributed by atoms with E-state index in [-0.39, 0.29) is 6.09 Å². The van der Waals surface area contributed by atoms with Crippen LogP contribution in [-0.2, 0) is 11.3 Å². The second kappa shape index (κ2) is 6.09. The Morgan fingerprint density at radius 1 is 1.15 bits per heavy atom. The number of ether oxygens (including phenoxy) is 1. The summed E-state index contributed by atoms with van der Waals surface area (Å²) in [4.78, 5) is 14.0. The number of amides is 1. The number of rotatable bonds is 3. The van der Waals surface area contributed by atoms with Crippen molar-refractivity contribution in [3.8, 4) is 0 Å². The van der Waals surface area contributed by atoms with E-state index in [2.05, 4.69) is 0 Å². The predicted octanol–water partition coefficient (Wildman–Crippen LogP) is 4.69. The van der Waals surface area contributed by atoms with Crippen LogP contribution in [0.4, 0.5) is 9.80 Å². The SMILES string of the molecule is CC(C)(C)OC(=O)N(Cc1ccccc1)c1cccs1. The molecule has 1 amide bonds. The minimum atomic E-state index is -0.497. The average Bonchev–Trinajstić information content (AvgIpc) is 2.88. The van der Waals surface area contributed by atoms with Crippen molar-refractivity contribution in [3.63, 3.8) is 0 Å². The smallest absolute Gasteiger partial charge is 0.415 e. The highest BCUT2D eigenvalue weighted by molar-refractivity contribution is 7.14. The van der Waals surface area contributed by atoms with Gasteiger partial charge in [-0.1, -0.05) is 30.3 Å². The molecule has 1 heterocycles. The van der Waals surface area contributed by atoms with Gasteiger partial charge in [0.05, 0.1) is 6.54 Å².